The molecule has 2 aromatic heterocycles. The third kappa shape index (κ3) is 5.05. The van der Waals surface area contributed by atoms with Gasteiger partial charge in [0, 0.05) is 41.9 Å². The number of nitrogens with one attached hydrogen (secondary N) is 1. The lowest BCUT2D eigenvalue weighted by Crippen LogP contribution is -2.30. The van der Waals surface area contributed by atoms with Crippen molar-refractivity contribution in [1.29, 1.82) is 0 Å². The molecule has 0 saturated heterocycles. The summed E-state index contributed by atoms with van der Waals surface area (Å²) in [4.78, 5) is 37.3. The van der Waals surface area contributed by atoms with Crippen LogP contribution >= 0.6 is 23.1 Å². The highest BCUT2D eigenvalue weighted by molar-refractivity contribution is 8.00. The van der Waals surface area contributed by atoms with E-state index >= 15 is 0 Å². The van der Waals surface area contributed by atoms with E-state index in [1.807, 2.05) is 0 Å². The van der Waals surface area contributed by atoms with Gasteiger partial charge in [0.25, 0.3) is 0 Å². The molecule has 2 amide bonds. The highest BCUT2D eigenvalue weighted by Gasteiger charge is 2.34. The van der Waals surface area contributed by atoms with Gasteiger partial charge in [-0.15, -0.1) is 10.2 Å². The van der Waals surface area contributed by atoms with Crippen LogP contribution in [0.4, 0.5) is 15.6 Å². The summed E-state index contributed by atoms with van der Waals surface area (Å²) in [6, 6.07) is 6.76. The number of carbonyl (C=O) groups is 2. The van der Waals surface area contributed by atoms with E-state index < -0.39 is 11.7 Å². The number of amides is 2. The van der Waals surface area contributed by atoms with Crippen LogP contribution < -0.4 is 15.8 Å². The maximum Gasteiger partial charge on any atom is 0.411 e. The largest absolute Gasteiger partial charge is 0.450 e. The van der Waals surface area contributed by atoms with E-state index in [9.17, 15) is 14.4 Å². The first-order chi connectivity index (χ1) is 14.9. The van der Waals surface area contributed by atoms with Crippen LogP contribution in [0, 0.1) is 0 Å². The molecule has 162 valence electrons. The Labute approximate surface area is 185 Å². The quantitative estimate of drug-likeness (QED) is 0.319. The minimum absolute atomic E-state index is 0.0332. The molecule has 31 heavy (non-hydrogen) atoms. The van der Waals surface area contributed by atoms with Gasteiger partial charge >= 0.3 is 11.7 Å². The highest BCUT2D eigenvalue weighted by atomic mass is 32.2. The maximum absolute atomic E-state index is 12.0. The van der Waals surface area contributed by atoms with Gasteiger partial charge in [-0.2, -0.15) is 0 Å². The number of aromatic nitrogens is 2. The van der Waals surface area contributed by atoms with Crippen molar-refractivity contribution in [2.45, 2.75) is 42.8 Å². The number of carbonyl (C=O) groups excluding carboxylic acids is 2. The second-order valence-electron chi connectivity index (χ2n) is 6.91. The number of thioether (sulfide) groups is 1. The van der Waals surface area contributed by atoms with Crippen molar-refractivity contribution in [2.75, 3.05) is 16.8 Å². The average Bonchev–Trinajstić information content (AvgIpc) is 3.43. The van der Waals surface area contributed by atoms with Crippen LogP contribution in [0.2, 0.25) is 0 Å². The van der Waals surface area contributed by atoms with Gasteiger partial charge in [0.15, 0.2) is 4.34 Å². The minimum Gasteiger partial charge on any atom is -0.450 e. The van der Waals surface area contributed by atoms with E-state index in [0.717, 1.165) is 23.8 Å². The summed E-state index contributed by atoms with van der Waals surface area (Å²) in [5.41, 5.74) is 1.14. The smallest absolute Gasteiger partial charge is 0.411 e. The predicted octanol–water partition coefficient (Wildman–Crippen LogP) is 4.02. The second-order valence-corrected chi connectivity index (χ2v) is 9.08. The molecular weight excluding hydrogens is 440 g/mol. The Hall–Kier alpha value is -2.92. The summed E-state index contributed by atoms with van der Waals surface area (Å²) in [6.07, 6.45) is 1.40. The fraction of sp³-hybridized carbons (Fsp3) is 0.350. The summed E-state index contributed by atoms with van der Waals surface area (Å²) in [6.45, 7) is 3.51. The van der Waals surface area contributed by atoms with Gasteiger partial charge in [0.1, 0.15) is 5.58 Å². The Kier molecular flexibility index (Phi) is 6.23. The van der Waals surface area contributed by atoms with Crippen molar-refractivity contribution in [3.05, 3.63) is 40.2 Å². The fourth-order valence-corrected chi connectivity index (χ4v) is 5.04. The van der Waals surface area contributed by atoms with Crippen molar-refractivity contribution in [2.24, 2.45) is 0 Å². The zero-order chi connectivity index (χ0) is 22.0. The number of hydrogen-bond acceptors (Lipinski definition) is 9. The summed E-state index contributed by atoms with van der Waals surface area (Å²) >= 11 is 2.80. The van der Waals surface area contributed by atoms with Gasteiger partial charge < -0.3 is 9.15 Å². The molecule has 1 aliphatic carbocycles. The number of anilines is 2. The standard InChI is InChI=1S/C20H20N4O5S2/c1-3-28-19(27)21-13-4-7-15-12(8-17(26)29-16(15)9-13)10-30-20-23-22-18(31-20)24(11(2)25)14-5-6-14/h4,7-9,14H,3,5-6,10H2,1-2H3,(H,21,27). The van der Waals surface area contributed by atoms with Crippen LogP contribution in [0.3, 0.4) is 0 Å². The number of fused-ring (bicyclic) bond motifs is 1. The SMILES string of the molecule is CCOC(=O)Nc1ccc2c(CSc3nnc(N(C(C)=O)C4CC4)s3)cc(=O)oc2c1. The monoisotopic (exact) mass is 460 g/mol. The highest BCUT2D eigenvalue weighted by Crippen LogP contribution is 2.37. The molecule has 1 aliphatic rings. The van der Waals surface area contributed by atoms with Crippen LogP contribution in [0.1, 0.15) is 32.3 Å². The van der Waals surface area contributed by atoms with E-state index in [0.29, 0.717) is 26.5 Å². The molecule has 0 spiro atoms. The number of nitrogens with zero attached hydrogens (tertiary/aromatic N) is 3. The van der Waals surface area contributed by atoms with Crippen LogP contribution in [-0.4, -0.2) is 34.8 Å². The lowest BCUT2D eigenvalue weighted by atomic mass is 10.1. The minimum atomic E-state index is -0.575. The number of benzene rings is 1. The zero-order valence-corrected chi connectivity index (χ0v) is 18.5. The first-order valence-electron chi connectivity index (χ1n) is 9.71. The first-order valence-corrected chi connectivity index (χ1v) is 11.5. The molecule has 1 fully saturated rings. The van der Waals surface area contributed by atoms with Crippen molar-refractivity contribution in [3.63, 3.8) is 0 Å². The summed E-state index contributed by atoms with van der Waals surface area (Å²) in [5, 5.41) is 12.3. The molecule has 1 saturated carbocycles. The van der Waals surface area contributed by atoms with E-state index in [2.05, 4.69) is 15.5 Å². The van der Waals surface area contributed by atoms with Gasteiger partial charge in [-0.25, -0.2) is 9.59 Å². The molecule has 0 unspecified atom stereocenters. The van der Waals surface area contributed by atoms with Crippen LogP contribution in [0.15, 0.2) is 37.8 Å². The third-order valence-electron chi connectivity index (χ3n) is 4.56. The number of hydrogen-bond donors (Lipinski definition) is 1. The molecule has 0 bridgehead atoms. The molecule has 2 heterocycles. The second kappa shape index (κ2) is 9.06. The van der Waals surface area contributed by atoms with Gasteiger partial charge in [-0.1, -0.05) is 23.1 Å². The lowest BCUT2D eigenvalue weighted by Gasteiger charge is -2.15. The number of ether oxygens (including phenoxy) is 1. The Balaban J connectivity index is 1.51. The molecule has 3 aromatic rings. The third-order valence-corrected chi connectivity index (χ3v) is 6.66. The Morgan fingerprint density at radius 2 is 2.13 bits per heavy atom. The van der Waals surface area contributed by atoms with Crippen molar-refractivity contribution in [3.8, 4) is 0 Å². The molecule has 11 heteroatoms. The molecule has 1 N–H and O–H groups in total. The molecule has 9 nitrogen and oxygen atoms in total. The summed E-state index contributed by atoms with van der Waals surface area (Å²) < 4.78 is 10.9. The average molecular weight is 461 g/mol. The summed E-state index contributed by atoms with van der Waals surface area (Å²) in [5.74, 6) is 0.444. The molecular formula is C20H20N4O5S2. The van der Waals surface area contributed by atoms with Crippen molar-refractivity contribution >= 4 is 56.9 Å². The van der Waals surface area contributed by atoms with Crippen LogP contribution in [0.5, 0.6) is 0 Å². The van der Waals surface area contributed by atoms with E-state index in [1.165, 1.54) is 36.1 Å². The van der Waals surface area contributed by atoms with Crippen molar-refractivity contribution in [1.82, 2.24) is 10.2 Å². The van der Waals surface area contributed by atoms with E-state index in [4.69, 9.17) is 9.15 Å². The van der Waals surface area contributed by atoms with Gasteiger partial charge in [0.05, 0.1) is 6.61 Å². The maximum atomic E-state index is 12.0. The fourth-order valence-electron chi connectivity index (χ4n) is 3.09. The van der Waals surface area contributed by atoms with E-state index in [1.54, 1.807) is 30.0 Å². The Morgan fingerprint density at radius 3 is 2.84 bits per heavy atom. The molecule has 4 rings (SSSR count). The van der Waals surface area contributed by atoms with Crippen LogP contribution in [-0.2, 0) is 15.3 Å². The van der Waals surface area contributed by atoms with Crippen LogP contribution in [0.25, 0.3) is 11.0 Å². The normalized spacial score (nSPS) is 13.2. The van der Waals surface area contributed by atoms with Gasteiger partial charge in [-0.3, -0.25) is 15.0 Å². The van der Waals surface area contributed by atoms with Crippen molar-refractivity contribution < 1.29 is 18.7 Å². The Bertz CT molecular complexity index is 1190. The van der Waals surface area contributed by atoms with E-state index in [-0.39, 0.29) is 18.6 Å². The topological polar surface area (TPSA) is 115 Å². The predicted molar refractivity (Wildman–Crippen MR) is 119 cm³/mol. The Morgan fingerprint density at radius 1 is 1.32 bits per heavy atom. The van der Waals surface area contributed by atoms with Gasteiger partial charge in [-0.05, 0) is 37.5 Å². The zero-order valence-electron chi connectivity index (χ0n) is 16.9. The first kappa shape index (κ1) is 21.3. The molecule has 0 radical (unpaired) electrons. The molecule has 0 atom stereocenters. The summed E-state index contributed by atoms with van der Waals surface area (Å²) in [7, 11) is 0. The number of rotatable bonds is 7. The molecule has 1 aromatic carbocycles. The van der Waals surface area contributed by atoms with Gasteiger partial charge in [0.2, 0.25) is 11.0 Å². The molecule has 0 aliphatic heterocycles. The lowest BCUT2D eigenvalue weighted by molar-refractivity contribution is -0.116.